The van der Waals surface area contributed by atoms with Gasteiger partial charge in [0.05, 0.1) is 18.1 Å². The summed E-state index contributed by atoms with van der Waals surface area (Å²) in [4.78, 5) is 11.8. The fourth-order valence-corrected chi connectivity index (χ4v) is 2.11. The minimum Gasteiger partial charge on any atom is -0.465 e. The largest absolute Gasteiger partial charge is 0.465 e. The predicted molar refractivity (Wildman–Crippen MR) is 58.5 cm³/mol. The molecule has 86 valence electrons. The SMILES string of the molecule is C=C[C@]1(C(=O)OCC)CC[C@H](OC)CC1. The van der Waals surface area contributed by atoms with E-state index in [9.17, 15) is 4.79 Å². The van der Waals surface area contributed by atoms with Gasteiger partial charge < -0.3 is 9.47 Å². The Labute approximate surface area is 91.4 Å². The zero-order valence-electron chi connectivity index (χ0n) is 9.62. The topological polar surface area (TPSA) is 35.5 Å². The first-order chi connectivity index (χ1) is 7.18. The van der Waals surface area contributed by atoms with Crippen molar-refractivity contribution in [2.75, 3.05) is 13.7 Å². The Hall–Kier alpha value is -0.830. The van der Waals surface area contributed by atoms with Gasteiger partial charge in [-0.3, -0.25) is 4.79 Å². The predicted octanol–water partition coefficient (Wildman–Crippen LogP) is 2.31. The maximum absolute atomic E-state index is 11.8. The molecule has 0 bridgehead atoms. The van der Waals surface area contributed by atoms with Gasteiger partial charge in [-0.25, -0.2) is 0 Å². The lowest BCUT2D eigenvalue weighted by Crippen LogP contribution is -2.37. The van der Waals surface area contributed by atoms with Gasteiger partial charge in [0.2, 0.25) is 0 Å². The summed E-state index contributed by atoms with van der Waals surface area (Å²) >= 11 is 0. The summed E-state index contributed by atoms with van der Waals surface area (Å²) in [7, 11) is 1.72. The molecule has 0 heterocycles. The molecule has 0 aromatic carbocycles. The lowest BCUT2D eigenvalue weighted by Gasteiger charge is -2.35. The standard InChI is InChI=1S/C12H20O3/c1-4-12(11(13)15-5-2)8-6-10(14-3)7-9-12/h4,10H,1,5-9H2,2-3H3/t10-,12-. The first-order valence-electron chi connectivity index (χ1n) is 5.52. The van der Waals surface area contributed by atoms with Crippen molar-refractivity contribution in [3.63, 3.8) is 0 Å². The molecule has 1 aliphatic rings. The Bertz CT molecular complexity index is 227. The summed E-state index contributed by atoms with van der Waals surface area (Å²) < 4.78 is 10.4. The fraction of sp³-hybridized carbons (Fsp3) is 0.750. The Morgan fingerprint density at radius 1 is 1.53 bits per heavy atom. The molecule has 0 aromatic rings. The Morgan fingerprint density at radius 3 is 2.53 bits per heavy atom. The Kier molecular flexibility index (Phi) is 4.33. The second kappa shape index (κ2) is 5.31. The number of rotatable bonds is 4. The van der Waals surface area contributed by atoms with Crippen molar-refractivity contribution < 1.29 is 14.3 Å². The maximum Gasteiger partial charge on any atom is 0.315 e. The molecule has 0 spiro atoms. The molecule has 1 aliphatic carbocycles. The minimum atomic E-state index is -0.467. The third-order valence-electron chi connectivity index (χ3n) is 3.23. The molecule has 0 N–H and O–H groups in total. The molecule has 1 rings (SSSR count). The van der Waals surface area contributed by atoms with E-state index < -0.39 is 5.41 Å². The van der Waals surface area contributed by atoms with Crippen LogP contribution in [-0.4, -0.2) is 25.8 Å². The molecule has 0 atom stereocenters. The highest BCUT2D eigenvalue weighted by atomic mass is 16.5. The van der Waals surface area contributed by atoms with Crippen molar-refractivity contribution >= 4 is 5.97 Å². The Balaban J connectivity index is 2.63. The summed E-state index contributed by atoms with van der Waals surface area (Å²) in [6.07, 6.45) is 5.41. The summed E-state index contributed by atoms with van der Waals surface area (Å²) in [5.74, 6) is -0.130. The van der Waals surface area contributed by atoms with Crippen LogP contribution in [0.3, 0.4) is 0 Å². The van der Waals surface area contributed by atoms with Gasteiger partial charge >= 0.3 is 5.97 Å². The summed E-state index contributed by atoms with van der Waals surface area (Å²) in [6.45, 7) is 6.03. The molecule has 3 nitrogen and oxygen atoms in total. The van der Waals surface area contributed by atoms with Gasteiger partial charge in [0.25, 0.3) is 0 Å². The smallest absolute Gasteiger partial charge is 0.315 e. The molecular weight excluding hydrogens is 192 g/mol. The molecule has 0 aromatic heterocycles. The molecule has 0 unspecified atom stereocenters. The van der Waals surface area contributed by atoms with Crippen molar-refractivity contribution in [3.8, 4) is 0 Å². The molecule has 0 saturated heterocycles. The van der Waals surface area contributed by atoms with E-state index >= 15 is 0 Å². The number of methoxy groups -OCH3 is 1. The normalized spacial score (nSPS) is 30.9. The van der Waals surface area contributed by atoms with Crippen LogP contribution < -0.4 is 0 Å². The van der Waals surface area contributed by atoms with Crippen LogP contribution in [0.15, 0.2) is 12.7 Å². The van der Waals surface area contributed by atoms with Crippen LogP contribution in [-0.2, 0) is 14.3 Å². The number of ether oxygens (including phenoxy) is 2. The molecular formula is C12H20O3. The third kappa shape index (κ3) is 2.59. The van der Waals surface area contributed by atoms with Crippen LogP contribution in [0.4, 0.5) is 0 Å². The first kappa shape index (κ1) is 12.2. The molecule has 1 fully saturated rings. The van der Waals surface area contributed by atoms with E-state index in [1.165, 1.54) is 0 Å². The average Bonchev–Trinajstić information content (AvgIpc) is 2.29. The third-order valence-corrected chi connectivity index (χ3v) is 3.23. The average molecular weight is 212 g/mol. The van der Waals surface area contributed by atoms with Gasteiger partial charge in [-0.05, 0) is 32.6 Å². The van der Waals surface area contributed by atoms with Crippen LogP contribution >= 0.6 is 0 Å². The Morgan fingerprint density at radius 2 is 2.13 bits per heavy atom. The van der Waals surface area contributed by atoms with E-state index in [0.29, 0.717) is 6.61 Å². The molecule has 1 saturated carbocycles. The van der Waals surface area contributed by atoms with Crippen molar-refractivity contribution in [2.45, 2.75) is 38.7 Å². The highest BCUT2D eigenvalue weighted by molar-refractivity contribution is 5.79. The fourth-order valence-electron chi connectivity index (χ4n) is 2.11. The number of hydrogen-bond donors (Lipinski definition) is 0. The van der Waals surface area contributed by atoms with Crippen LogP contribution in [0.25, 0.3) is 0 Å². The van der Waals surface area contributed by atoms with E-state index in [4.69, 9.17) is 9.47 Å². The van der Waals surface area contributed by atoms with Gasteiger partial charge in [0.15, 0.2) is 0 Å². The van der Waals surface area contributed by atoms with Crippen LogP contribution in [0.5, 0.6) is 0 Å². The zero-order valence-corrected chi connectivity index (χ0v) is 9.62. The molecule has 0 amide bonds. The van der Waals surface area contributed by atoms with E-state index in [1.54, 1.807) is 13.2 Å². The summed E-state index contributed by atoms with van der Waals surface area (Å²) in [5, 5.41) is 0. The van der Waals surface area contributed by atoms with Crippen molar-refractivity contribution in [1.29, 1.82) is 0 Å². The zero-order chi connectivity index (χ0) is 11.3. The summed E-state index contributed by atoms with van der Waals surface area (Å²) in [6, 6.07) is 0. The molecule has 3 heteroatoms. The highest BCUT2D eigenvalue weighted by Crippen LogP contribution is 2.39. The number of carbonyl (C=O) groups excluding carboxylic acids is 1. The number of esters is 1. The number of carbonyl (C=O) groups is 1. The lowest BCUT2D eigenvalue weighted by molar-refractivity contribution is -0.155. The van der Waals surface area contributed by atoms with E-state index in [0.717, 1.165) is 25.7 Å². The summed E-state index contributed by atoms with van der Waals surface area (Å²) in [5.41, 5.74) is -0.467. The van der Waals surface area contributed by atoms with E-state index in [-0.39, 0.29) is 12.1 Å². The van der Waals surface area contributed by atoms with Gasteiger partial charge in [-0.1, -0.05) is 6.08 Å². The lowest BCUT2D eigenvalue weighted by atomic mass is 9.73. The van der Waals surface area contributed by atoms with Gasteiger partial charge in [-0.15, -0.1) is 6.58 Å². The van der Waals surface area contributed by atoms with Crippen LogP contribution in [0, 0.1) is 5.41 Å². The van der Waals surface area contributed by atoms with Gasteiger partial charge in [0.1, 0.15) is 0 Å². The van der Waals surface area contributed by atoms with Crippen molar-refractivity contribution in [2.24, 2.45) is 5.41 Å². The van der Waals surface area contributed by atoms with E-state index in [1.807, 2.05) is 6.92 Å². The van der Waals surface area contributed by atoms with E-state index in [2.05, 4.69) is 6.58 Å². The quantitative estimate of drug-likeness (QED) is 0.530. The first-order valence-corrected chi connectivity index (χ1v) is 5.52. The maximum atomic E-state index is 11.8. The monoisotopic (exact) mass is 212 g/mol. The minimum absolute atomic E-state index is 0.130. The van der Waals surface area contributed by atoms with Crippen LogP contribution in [0.2, 0.25) is 0 Å². The highest BCUT2D eigenvalue weighted by Gasteiger charge is 2.40. The molecule has 0 aliphatic heterocycles. The van der Waals surface area contributed by atoms with Crippen molar-refractivity contribution in [1.82, 2.24) is 0 Å². The number of hydrogen-bond acceptors (Lipinski definition) is 3. The second-order valence-corrected chi connectivity index (χ2v) is 4.02. The second-order valence-electron chi connectivity index (χ2n) is 4.02. The molecule has 15 heavy (non-hydrogen) atoms. The van der Waals surface area contributed by atoms with Gasteiger partial charge in [-0.2, -0.15) is 0 Å². The van der Waals surface area contributed by atoms with Crippen molar-refractivity contribution in [3.05, 3.63) is 12.7 Å². The van der Waals surface area contributed by atoms with Gasteiger partial charge in [0, 0.05) is 7.11 Å². The molecule has 0 radical (unpaired) electrons. The van der Waals surface area contributed by atoms with Crippen LogP contribution in [0.1, 0.15) is 32.6 Å².